The van der Waals surface area contributed by atoms with Crippen LogP contribution in [0.4, 0.5) is 5.69 Å². The van der Waals surface area contributed by atoms with Crippen molar-refractivity contribution in [2.24, 2.45) is 0 Å². The van der Waals surface area contributed by atoms with Gasteiger partial charge in [0.05, 0.1) is 17.7 Å². The average molecular weight is 642 g/mol. The molecule has 2 atom stereocenters. The lowest BCUT2D eigenvalue weighted by Crippen LogP contribution is -2.54. The van der Waals surface area contributed by atoms with Gasteiger partial charge in [-0.1, -0.05) is 90.8 Å². The van der Waals surface area contributed by atoms with E-state index in [4.69, 9.17) is 4.74 Å². The SMILES string of the molecule is CC[C@H](C)NC(=O)[C@H](Cc1ccccc1)N(Cc1ccc(C)cc1)C(=O)CN(c1cccc(OC)c1)S(=O)(=O)c1ccc(C)cc1. The van der Waals surface area contributed by atoms with E-state index in [1.165, 1.54) is 24.1 Å². The van der Waals surface area contributed by atoms with Gasteiger partial charge in [-0.3, -0.25) is 13.9 Å². The van der Waals surface area contributed by atoms with E-state index in [1.54, 1.807) is 36.4 Å². The molecule has 0 unspecified atom stereocenters. The number of nitrogens with one attached hydrogen (secondary N) is 1. The predicted octanol–water partition coefficient (Wildman–Crippen LogP) is 6.06. The van der Waals surface area contributed by atoms with Gasteiger partial charge in [0.1, 0.15) is 18.3 Å². The van der Waals surface area contributed by atoms with Gasteiger partial charge in [-0.05, 0) is 62.6 Å². The molecule has 9 heteroatoms. The number of methoxy groups -OCH3 is 1. The fourth-order valence-electron chi connectivity index (χ4n) is 5.02. The lowest BCUT2D eigenvalue weighted by molar-refractivity contribution is -0.140. The second kappa shape index (κ2) is 15.6. The molecule has 8 nitrogen and oxygen atoms in total. The highest BCUT2D eigenvalue weighted by Crippen LogP contribution is 2.28. The van der Waals surface area contributed by atoms with Crippen molar-refractivity contribution in [2.45, 2.75) is 64.1 Å². The summed E-state index contributed by atoms with van der Waals surface area (Å²) in [6.45, 7) is 7.33. The van der Waals surface area contributed by atoms with Gasteiger partial charge >= 0.3 is 0 Å². The highest BCUT2D eigenvalue weighted by Gasteiger charge is 2.35. The topological polar surface area (TPSA) is 96.0 Å². The molecule has 46 heavy (non-hydrogen) atoms. The Morgan fingerprint density at radius 3 is 2.07 bits per heavy atom. The average Bonchev–Trinajstić information content (AvgIpc) is 3.06. The third kappa shape index (κ3) is 8.75. The molecule has 2 amide bonds. The molecule has 4 aromatic carbocycles. The van der Waals surface area contributed by atoms with Crippen LogP contribution in [0.3, 0.4) is 0 Å². The van der Waals surface area contributed by atoms with Gasteiger partial charge in [0.15, 0.2) is 0 Å². The normalized spacial score (nSPS) is 12.5. The number of hydrogen-bond donors (Lipinski definition) is 1. The molecule has 0 heterocycles. The van der Waals surface area contributed by atoms with Crippen LogP contribution in [0.25, 0.3) is 0 Å². The van der Waals surface area contributed by atoms with Crippen LogP contribution in [0.15, 0.2) is 108 Å². The smallest absolute Gasteiger partial charge is 0.264 e. The molecular formula is C37H43N3O5S. The van der Waals surface area contributed by atoms with Crippen LogP contribution in [-0.4, -0.2) is 50.9 Å². The van der Waals surface area contributed by atoms with Crippen LogP contribution >= 0.6 is 0 Å². The number of sulfonamides is 1. The number of anilines is 1. The van der Waals surface area contributed by atoms with E-state index in [0.717, 1.165) is 26.6 Å². The Morgan fingerprint density at radius 1 is 0.826 bits per heavy atom. The molecule has 0 spiro atoms. The maximum atomic E-state index is 14.6. The molecule has 0 saturated heterocycles. The summed E-state index contributed by atoms with van der Waals surface area (Å²) < 4.78 is 34.9. The minimum atomic E-state index is -4.20. The van der Waals surface area contributed by atoms with E-state index in [-0.39, 0.29) is 35.5 Å². The third-order valence-electron chi connectivity index (χ3n) is 7.97. The van der Waals surface area contributed by atoms with Crippen molar-refractivity contribution in [3.63, 3.8) is 0 Å². The van der Waals surface area contributed by atoms with E-state index in [2.05, 4.69) is 5.32 Å². The van der Waals surface area contributed by atoms with Crippen molar-refractivity contribution in [3.05, 3.63) is 125 Å². The first-order valence-corrected chi connectivity index (χ1v) is 16.9. The molecule has 0 aliphatic heterocycles. The summed E-state index contributed by atoms with van der Waals surface area (Å²) in [5, 5.41) is 3.06. The molecule has 0 aliphatic carbocycles. The zero-order chi connectivity index (χ0) is 33.3. The van der Waals surface area contributed by atoms with Crippen molar-refractivity contribution in [1.29, 1.82) is 0 Å². The number of carbonyl (C=O) groups excluding carboxylic acids is 2. The Balaban J connectivity index is 1.82. The van der Waals surface area contributed by atoms with Gasteiger partial charge in [0, 0.05) is 25.1 Å². The number of hydrogen-bond acceptors (Lipinski definition) is 5. The second-order valence-electron chi connectivity index (χ2n) is 11.6. The number of rotatable bonds is 14. The number of amides is 2. The summed E-state index contributed by atoms with van der Waals surface area (Å²) in [4.78, 5) is 30.1. The first-order valence-electron chi connectivity index (χ1n) is 15.4. The first-order chi connectivity index (χ1) is 22.0. The molecule has 0 saturated carbocycles. The number of benzene rings is 4. The maximum Gasteiger partial charge on any atom is 0.264 e. The highest BCUT2D eigenvalue weighted by atomic mass is 32.2. The van der Waals surface area contributed by atoms with Crippen LogP contribution in [0.1, 0.15) is 42.5 Å². The van der Waals surface area contributed by atoms with Crippen molar-refractivity contribution in [2.75, 3.05) is 18.0 Å². The standard InChI is InChI=1S/C37H43N3O5S/c1-6-29(4)38-37(42)35(23-30-11-8-7-9-12-30)39(25-31-19-15-27(2)16-20-31)36(41)26-40(32-13-10-14-33(24-32)45-5)46(43,44)34-21-17-28(3)18-22-34/h7-22,24,29,35H,6,23,25-26H2,1-5H3,(H,38,42)/t29-,35-/m0/s1. The van der Waals surface area contributed by atoms with Crippen LogP contribution in [0.2, 0.25) is 0 Å². The van der Waals surface area contributed by atoms with Gasteiger partial charge < -0.3 is 15.0 Å². The maximum absolute atomic E-state index is 14.6. The number of aryl methyl sites for hydroxylation is 2. The van der Waals surface area contributed by atoms with E-state index in [1.807, 2.05) is 82.3 Å². The predicted molar refractivity (Wildman–Crippen MR) is 182 cm³/mol. The zero-order valence-electron chi connectivity index (χ0n) is 27.1. The lowest BCUT2D eigenvalue weighted by atomic mass is 10.0. The summed E-state index contributed by atoms with van der Waals surface area (Å²) in [6, 6.07) is 29.4. The molecule has 0 radical (unpaired) electrons. The Bertz CT molecular complexity index is 1710. The fourth-order valence-corrected chi connectivity index (χ4v) is 6.42. The lowest BCUT2D eigenvalue weighted by Gasteiger charge is -2.34. The quantitative estimate of drug-likeness (QED) is 0.181. The number of nitrogens with zero attached hydrogens (tertiary/aromatic N) is 2. The summed E-state index contributed by atoms with van der Waals surface area (Å²) in [6.07, 6.45) is 0.971. The van der Waals surface area contributed by atoms with Crippen molar-refractivity contribution in [3.8, 4) is 5.75 Å². The molecule has 242 valence electrons. The molecule has 0 fully saturated rings. The molecule has 1 N–H and O–H groups in total. The van der Waals surface area contributed by atoms with Crippen molar-refractivity contribution >= 4 is 27.5 Å². The molecule has 0 aliphatic rings. The minimum Gasteiger partial charge on any atom is -0.497 e. The first kappa shape index (κ1) is 34.2. The van der Waals surface area contributed by atoms with Crippen LogP contribution in [0, 0.1) is 13.8 Å². The van der Waals surface area contributed by atoms with E-state index in [9.17, 15) is 18.0 Å². The number of carbonyl (C=O) groups is 2. The van der Waals surface area contributed by atoms with Crippen molar-refractivity contribution in [1.82, 2.24) is 10.2 Å². The van der Waals surface area contributed by atoms with Gasteiger partial charge in [0.25, 0.3) is 10.0 Å². The van der Waals surface area contributed by atoms with Crippen LogP contribution in [0.5, 0.6) is 5.75 Å². The van der Waals surface area contributed by atoms with Crippen LogP contribution in [-0.2, 0) is 32.6 Å². The van der Waals surface area contributed by atoms with Crippen molar-refractivity contribution < 1.29 is 22.7 Å². The summed E-state index contributed by atoms with van der Waals surface area (Å²) in [5.74, 6) is -0.368. The Labute approximate surface area is 273 Å². The van der Waals surface area contributed by atoms with E-state index in [0.29, 0.717) is 12.2 Å². The molecule has 4 rings (SSSR count). The second-order valence-corrected chi connectivity index (χ2v) is 13.4. The third-order valence-corrected chi connectivity index (χ3v) is 9.76. The van der Waals surface area contributed by atoms with E-state index < -0.39 is 28.5 Å². The van der Waals surface area contributed by atoms with Gasteiger partial charge in [0.2, 0.25) is 11.8 Å². The zero-order valence-corrected chi connectivity index (χ0v) is 28.0. The van der Waals surface area contributed by atoms with Crippen LogP contribution < -0.4 is 14.4 Å². The van der Waals surface area contributed by atoms with Gasteiger partial charge in [-0.25, -0.2) is 8.42 Å². The van der Waals surface area contributed by atoms with E-state index >= 15 is 0 Å². The molecule has 0 aromatic heterocycles. The number of ether oxygens (including phenoxy) is 1. The monoisotopic (exact) mass is 641 g/mol. The summed E-state index contributed by atoms with van der Waals surface area (Å²) >= 11 is 0. The minimum absolute atomic E-state index is 0.0501. The van der Waals surface area contributed by atoms with Gasteiger partial charge in [-0.2, -0.15) is 0 Å². The molecular weight excluding hydrogens is 598 g/mol. The Kier molecular flexibility index (Phi) is 11.6. The largest absolute Gasteiger partial charge is 0.497 e. The summed E-state index contributed by atoms with van der Waals surface area (Å²) in [5.41, 5.74) is 3.94. The molecule has 4 aromatic rings. The highest BCUT2D eigenvalue weighted by molar-refractivity contribution is 7.92. The Morgan fingerprint density at radius 2 is 1.46 bits per heavy atom. The Hall–Kier alpha value is -4.63. The molecule has 0 bridgehead atoms. The summed E-state index contributed by atoms with van der Waals surface area (Å²) in [7, 11) is -2.70. The fraction of sp³-hybridized carbons (Fsp3) is 0.297. The van der Waals surface area contributed by atoms with Gasteiger partial charge in [-0.15, -0.1) is 0 Å².